The Hall–Kier alpha value is -3.50. The molecular formula is C36H50F2N2O6. The Bertz CT molecular complexity index is 1240. The van der Waals surface area contributed by atoms with Crippen molar-refractivity contribution in [3.8, 4) is 0 Å². The van der Waals surface area contributed by atoms with Crippen LogP contribution in [-0.2, 0) is 28.7 Å². The Morgan fingerprint density at radius 1 is 0.609 bits per heavy atom. The van der Waals surface area contributed by atoms with Crippen LogP contribution < -0.4 is 0 Å². The first kappa shape index (κ1) is 38.7. The molecule has 0 aromatic heterocycles. The number of carbonyl (C=O) groups is 4. The van der Waals surface area contributed by atoms with Crippen molar-refractivity contribution in [3.05, 3.63) is 71.3 Å². The number of rotatable bonds is 16. The number of carbonyl (C=O) groups excluding carboxylic acids is 4. The topological polar surface area (TPSA) is 93.2 Å². The summed E-state index contributed by atoms with van der Waals surface area (Å²) in [5.41, 5.74) is -1.99. The van der Waals surface area contributed by atoms with Crippen LogP contribution in [0.4, 0.5) is 8.78 Å². The first-order valence-corrected chi connectivity index (χ1v) is 15.7. The fourth-order valence-corrected chi connectivity index (χ4v) is 5.48. The zero-order valence-electron chi connectivity index (χ0n) is 28.9. The smallest absolute Gasteiger partial charge is 0.418 e. The van der Waals surface area contributed by atoms with Gasteiger partial charge in [0.1, 0.15) is 35.4 Å². The Morgan fingerprint density at radius 3 is 1.13 bits per heavy atom. The van der Waals surface area contributed by atoms with Gasteiger partial charge in [0.25, 0.3) is 0 Å². The van der Waals surface area contributed by atoms with E-state index < -0.39 is 46.6 Å². The van der Waals surface area contributed by atoms with E-state index in [4.69, 9.17) is 9.47 Å². The summed E-state index contributed by atoms with van der Waals surface area (Å²) >= 11 is 0. The average Bonchev–Trinajstić information content (AvgIpc) is 2.99. The molecule has 10 heteroatoms. The minimum atomic E-state index is -1.38. The summed E-state index contributed by atoms with van der Waals surface area (Å²) in [6, 6.07) is 10.2. The molecule has 0 amide bonds. The third kappa shape index (κ3) is 9.75. The van der Waals surface area contributed by atoms with Crippen LogP contribution in [0.25, 0.3) is 0 Å². The van der Waals surface area contributed by atoms with E-state index in [1.807, 2.05) is 51.8 Å². The van der Waals surface area contributed by atoms with Crippen LogP contribution in [0.5, 0.6) is 0 Å². The summed E-state index contributed by atoms with van der Waals surface area (Å²) in [5.74, 6) is -4.25. The number of hydrogen-bond acceptors (Lipinski definition) is 8. The number of ether oxygens (including phenoxy) is 2. The summed E-state index contributed by atoms with van der Waals surface area (Å²) in [6.45, 7) is 10.4. The molecule has 2 rings (SSSR count). The van der Waals surface area contributed by atoms with E-state index in [1.54, 1.807) is 27.7 Å². The van der Waals surface area contributed by atoms with Gasteiger partial charge in [0.2, 0.25) is 0 Å². The molecule has 0 heterocycles. The number of ketones is 2. The molecule has 0 spiro atoms. The van der Waals surface area contributed by atoms with Gasteiger partial charge >= 0.3 is 11.9 Å². The molecular weight excluding hydrogens is 594 g/mol. The van der Waals surface area contributed by atoms with E-state index >= 15 is 0 Å². The summed E-state index contributed by atoms with van der Waals surface area (Å²) in [5, 5.41) is 0. The zero-order valence-corrected chi connectivity index (χ0v) is 28.9. The first-order valence-electron chi connectivity index (χ1n) is 15.7. The van der Waals surface area contributed by atoms with Crippen LogP contribution in [0.1, 0.15) is 90.6 Å². The lowest BCUT2D eigenvalue weighted by atomic mass is 9.76. The third-order valence-electron chi connectivity index (χ3n) is 8.96. The minimum absolute atomic E-state index is 0.0719. The Morgan fingerprint density at radius 2 is 0.891 bits per heavy atom. The zero-order chi connectivity index (χ0) is 35.0. The van der Waals surface area contributed by atoms with Gasteiger partial charge in [-0.1, -0.05) is 38.1 Å². The molecule has 0 saturated carbocycles. The summed E-state index contributed by atoms with van der Waals surface area (Å²) in [6.07, 6.45) is -0.797. The van der Waals surface area contributed by atoms with Gasteiger partial charge in [-0.05, 0) is 104 Å². The van der Waals surface area contributed by atoms with E-state index in [2.05, 4.69) is 0 Å². The second-order valence-corrected chi connectivity index (χ2v) is 13.4. The highest BCUT2D eigenvalue weighted by molar-refractivity contribution is 6.29. The van der Waals surface area contributed by atoms with Crippen molar-refractivity contribution in [2.45, 2.75) is 91.5 Å². The second-order valence-electron chi connectivity index (χ2n) is 13.4. The Labute approximate surface area is 272 Å². The SMILES string of the molecule is CCC(CC(=O)C(C)(C)C(OC(=O)C(=O)OC(c1ccc(F)cc1)C(C)(C)C(=O)CC(CC)N(C)C)c1ccc(F)cc1)N(C)C. The maximum absolute atomic E-state index is 13.8. The van der Waals surface area contributed by atoms with Crippen LogP contribution in [0.15, 0.2) is 48.5 Å². The van der Waals surface area contributed by atoms with Gasteiger partial charge in [-0.25, -0.2) is 18.4 Å². The van der Waals surface area contributed by atoms with Crippen LogP contribution in [0.3, 0.4) is 0 Å². The molecule has 2 aromatic carbocycles. The van der Waals surface area contributed by atoms with Gasteiger partial charge < -0.3 is 19.3 Å². The van der Waals surface area contributed by atoms with Crippen LogP contribution in [-0.4, -0.2) is 73.6 Å². The molecule has 0 radical (unpaired) electrons. The van der Waals surface area contributed by atoms with Crippen molar-refractivity contribution >= 4 is 23.5 Å². The van der Waals surface area contributed by atoms with Crippen LogP contribution >= 0.6 is 0 Å². The maximum Gasteiger partial charge on any atom is 0.418 e. The number of Topliss-reactive ketones (excluding diaryl/α,β-unsaturated/α-hetero) is 2. The van der Waals surface area contributed by atoms with Gasteiger partial charge in [-0.15, -0.1) is 0 Å². The summed E-state index contributed by atoms with van der Waals surface area (Å²) < 4.78 is 39.1. The van der Waals surface area contributed by atoms with Gasteiger partial charge in [-0.2, -0.15) is 0 Å². The molecule has 0 aliphatic carbocycles. The Balaban J connectivity index is 2.46. The van der Waals surface area contributed by atoms with Crippen LogP contribution in [0, 0.1) is 22.5 Å². The molecule has 8 nitrogen and oxygen atoms in total. The molecule has 0 bridgehead atoms. The lowest BCUT2D eigenvalue weighted by molar-refractivity contribution is -0.183. The molecule has 46 heavy (non-hydrogen) atoms. The summed E-state index contributed by atoms with van der Waals surface area (Å²) in [4.78, 5) is 58.0. The fraction of sp³-hybridized carbons (Fsp3) is 0.556. The van der Waals surface area contributed by atoms with Gasteiger partial charge in [0.15, 0.2) is 0 Å². The van der Waals surface area contributed by atoms with E-state index in [9.17, 15) is 28.0 Å². The molecule has 254 valence electrons. The van der Waals surface area contributed by atoms with Crippen LogP contribution in [0.2, 0.25) is 0 Å². The van der Waals surface area contributed by atoms with Crippen molar-refractivity contribution in [1.29, 1.82) is 0 Å². The predicted molar refractivity (Wildman–Crippen MR) is 173 cm³/mol. The van der Waals surface area contributed by atoms with E-state index in [0.717, 1.165) is 0 Å². The maximum atomic E-state index is 13.8. The normalized spacial score (nSPS) is 14.8. The van der Waals surface area contributed by atoms with Gasteiger partial charge in [-0.3, -0.25) is 9.59 Å². The summed E-state index contributed by atoms with van der Waals surface area (Å²) in [7, 11) is 7.48. The lowest BCUT2D eigenvalue weighted by Crippen LogP contribution is -2.41. The van der Waals surface area contributed by atoms with Crippen molar-refractivity contribution in [2.75, 3.05) is 28.2 Å². The largest absolute Gasteiger partial charge is 0.448 e. The standard InChI is InChI=1S/C36H50F2N2O6/c1-11-27(39(7)8)21-29(41)35(3,4)31(23-13-17-25(37)18-14-23)45-33(43)34(44)46-32(24-15-19-26(38)20-16-24)36(5,6)30(42)22-28(12-2)40(9)10/h13-20,27-28,31-32H,11-12,21-22H2,1-10H3. The first-order chi connectivity index (χ1) is 21.4. The highest BCUT2D eigenvalue weighted by Gasteiger charge is 2.45. The van der Waals surface area contributed by atoms with Crippen molar-refractivity contribution < 1.29 is 37.4 Å². The monoisotopic (exact) mass is 644 g/mol. The Kier molecular flexibility index (Phi) is 13.8. The number of nitrogens with zero attached hydrogens (tertiary/aromatic N) is 2. The van der Waals surface area contributed by atoms with Crippen molar-refractivity contribution in [2.24, 2.45) is 10.8 Å². The highest BCUT2D eigenvalue weighted by atomic mass is 19.1. The highest BCUT2D eigenvalue weighted by Crippen LogP contribution is 2.41. The fourth-order valence-electron chi connectivity index (χ4n) is 5.48. The van der Waals surface area contributed by atoms with Crippen molar-refractivity contribution in [1.82, 2.24) is 9.80 Å². The number of hydrogen-bond donors (Lipinski definition) is 0. The molecule has 0 aliphatic heterocycles. The second kappa shape index (κ2) is 16.4. The van der Waals surface area contributed by atoms with Gasteiger partial charge in [0.05, 0.1) is 10.8 Å². The number of halogens is 2. The molecule has 0 fully saturated rings. The average molecular weight is 645 g/mol. The molecule has 4 atom stereocenters. The molecule has 0 aliphatic rings. The number of benzene rings is 2. The number of esters is 2. The lowest BCUT2D eigenvalue weighted by Gasteiger charge is -2.36. The van der Waals surface area contributed by atoms with Gasteiger partial charge in [0, 0.05) is 24.9 Å². The molecule has 0 N–H and O–H groups in total. The third-order valence-corrected chi connectivity index (χ3v) is 8.96. The molecule has 0 saturated heterocycles. The minimum Gasteiger partial charge on any atom is -0.448 e. The quantitative estimate of drug-likeness (QED) is 0.151. The van der Waals surface area contributed by atoms with E-state index in [-0.39, 0.29) is 36.5 Å². The van der Waals surface area contributed by atoms with E-state index in [1.165, 1.54) is 48.5 Å². The van der Waals surface area contributed by atoms with Crippen molar-refractivity contribution in [3.63, 3.8) is 0 Å². The molecule has 2 aromatic rings. The predicted octanol–water partition coefficient (Wildman–Crippen LogP) is 6.48. The molecule has 4 unspecified atom stereocenters. The van der Waals surface area contributed by atoms with E-state index in [0.29, 0.717) is 24.0 Å².